The van der Waals surface area contributed by atoms with E-state index in [2.05, 4.69) is 39.5 Å². The van der Waals surface area contributed by atoms with Gasteiger partial charge in [0.2, 0.25) is 0 Å². The van der Waals surface area contributed by atoms with Gasteiger partial charge >= 0.3 is 0 Å². The van der Waals surface area contributed by atoms with Crippen LogP contribution in [-0.4, -0.2) is 19.6 Å². The van der Waals surface area contributed by atoms with Gasteiger partial charge in [-0.3, -0.25) is 0 Å². The fourth-order valence-electron chi connectivity index (χ4n) is 3.90. The van der Waals surface area contributed by atoms with Crippen LogP contribution in [0.2, 0.25) is 24.2 Å². The predicted molar refractivity (Wildman–Crippen MR) is 120 cm³/mol. The molecule has 0 nitrogen and oxygen atoms in total. The number of unbranched alkanes of at least 4 members (excludes halogenated alkanes) is 11. The van der Waals surface area contributed by atoms with E-state index in [0.717, 1.165) is 0 Å². The van der Waals surface area contributed by atoms with Crippen LogP contribution in [0, 0.1) is 0 Å². The zero-order valence-corrected chi connectivity index (χ0v) is 19.5. The zero-order valence-electron chi connectivity index (χ0n) is 17.6. The normalized spacial score (nSPS) is 12.0. The summed E-state index contributed by atoms with van der Waals surface area (Å²) in [6.07, 6.45) is 17.8. The highest BCUT2D eigenvalue weighted by Gasteiger charge is 2.25. The van der Waals surface area contributed by atoms with Gasteiger partial charge in [-0.15, -0.1) is 0 Å². The Morgan fingerprint density at radius 2 is 0.875 bits per heavy atom. The van der Waals surface area contributed by atoms with Crippen molar-refractivity contribution in [1.82, 2.24) is 0 Å². The van der Waals surface area contributed by atoms with Crippen LogP contribution in [-0.2, 0) is 0 Å². The number of thioether (sulfide) groups is 1. The first-order chi connectivity index (χ1) is 11.7. The molecule has 0 fully saturated rings. The number of rotatable bonds is 19. The molecule has 0 unspecified atom stereocenters. The van der Waals surface area contributed by atoms with Crippen LogP contribution in [0.1, 0.15) is 105 Å². The van der Waals surface area contributed by atoms with Gasteiger partial charge < -0.3 is 0 Å². The molecule has 0 aromatic heterocycles. The van der Waals surface area contributed by atoms with Crippen LogP contribution in [0.5, 0.6) is 0 Å². The average Bonchev–Trinajstić information content (AvgIpc) is 2.62. The molecule has 0 aromatic rings. The summed E-state index contributed by atoms with van der Waals surface area (Å²) in [5.74, 6) is 2.67. The lowest BCUT2D eigenvalue weighted by Crippen LogP contribution is -2.30. The van der Waals surface area contributed by atoms with Gasteiger partial charge in [0.1, 0.15) is 0 Å². The molecule has 0 N–H and O–H groups in total. The Bertz CT molecular complexity index is 230. The molecular weight excluding hydrogens is 324 g/mol. The van der Waals surface area contributed by atoms with Gasteiger partial charge in [-0.05, 0) is 17.9 Å². The minimum absolute atomic E-state index is 0.824. The Labute approximate surface area is 160 Å². The average molecular weight is 373 g/mol. The molecule has 0 saturated carbocycles. The van der Waals surface area contributed by atoms with Crippen LogP contribution in [0.3, 0.4) is 0 Å². The largest absolute Gasteiger partial charge is 0.162 e. The van der Waals surface area contributed by atoms with Crippen molar-refractivity contribution in [3.63, 3.8) is 0 Å². The summed E-state index contributed by atoms with van der Waals surface area (Å²) < 4.78 is 0. The summed E-state index contributed by atoms with van der Waals surface area (Å²) >= 11 is 2.10. The highest BCUT2D eigenvalue weighted by molar-refractivity contribution is 7.99. The third-order valence-electron chi connectivity index (χ3n) is 6.20. The minimum atomic E-state index is -0.824. The molecule has 0 aromatic carbocycles. The molecule has 0 amide bonds. The highest BCUT2D eigenvalue weighted by atomic mass is 32.2. The summed E-state index contributed by atoms with van der Waals surface area (Å²) in [4.78, 5) is 0. The van der Waals surface area contributed by atoms with Crippen molar-refractivity contribution in [2.24, 2.45) is 0 Å². The second-order valence-electron chi connectivity index (χ2n) is 7.75. The lowest BCUT2D eigenvalue weighted by atomic mass is 10.1. The maximum absolute atomic E-state index is 2.45. The molecule has 0 radical (unpaired) electrons. The molecule has 0 aliphatic heterocycles. The Morgan fingerprint density at radius 3 is 1.25 bits per heavy atom. The van der Waals surface area contributed by atoms with E-state index in [4.69, 9.17) is 0 Å². The summed E-state index contributed by atoms with van der Waals surface area (Å²) in [7, 11) is -0.824. The third kappa shape index (κ3) is 13.8. The van der Waals surface area contributed by atoms with E-state index in [-0.39, 0.29) is 0 Å². The molecule has 0 aliphatic rings. The molecule has 0 rings (SSSR count). The van der Waals surface area contributed by atoms with Crippen molar-refractivity contribution in [3.05, 3.63) is 0 Å². The molecule has 24 heavy (non-hydrogen) atoms. The highest BCUT2D eigenvalue weighted by Crippen LogP contribution is 2.27. The van der Waals surface area contributed by atoms with Crippen molar-refractivity contribution in [2.75, 3.05) is 11.5 Å². The Morgan fingerprint density at radius 1 is 0.500 bits per heavy atom. The van der Waals surface area contributed by atoms with Gasteiger partial charge in [-0.2, -0.15) is 11.8 Å². The van der Waals surface area contributed by atoms with Gasteiger partial charge in [0.25, 0.3) is 0 Å². The van der Waals surface area contributed by atoms with Crippen LogP contribution >= 0.6 is 11.8 Å². The van der Waals surface area contributed by atoms with Gasteiger partial charge in [0.05, 0.1) is 8.07 Å². The van der Waals surface area contributed by atoms with Crippen LogP contribution in [0.15, 0.2) is 0 Å². The standard InChI is InChI=1S/C22H48SSi/c1-5-23-21-19-17-15-13-11-9-10-12-14-16-18-20-22-24(6-2,7-3)8-4/h5-22H2,1-4H3. The monoisotopic (exact) mass is 372 g/mol. The topological polar surface area (TPSA) is 0 Å². The van der Waals surface area contributed by atoms with E-state index in [1.54, 1.807) is 6.04 Å². The van der Waals surface area contributed by atoms with E-state index in [1.165, 1.54) is 107 Å². The van der Waals surface area contributed by atoms with E-state index in [0.29, 0.717) is 0 Å². The lowest BCUT2D eigenvalue weighted by molar-refractivity contribution is 0.547. The fourth-order valence-corrected chi connectivity index (χ4v) is 8.15. The first-order valence-corrected chi connectivity index (χ1v) is 15.3. The molecule has 0 heterocycles. The smallest absolute Gasteiger partial charge is 0.0527 e. The summed E-state index contributed by atoms with van der Waals surface area (Å²) in [6, 6.07) is 6.14. The summed E-state index contributed by atoms with van der Waals surface area (Å²) in [5, 5.41) is 0. The van der Waals surface area contributed by atoms with Gasteiger partial charge in [-0.25, -0.2) is 0 Å². The maximum Gasteiger partial charge on any atom is 0.0527 e. The molecule has 146 valence electrons. The minimum Gasteiger partial charge on any atom is -0.162 e. The van der Waals surface area contributed by atoms with E-state index in [9.17, 15) is 0 Å². The van der Waals surface area contributed by atoms with E-state index < -0.39 is 8.07 Å². The van der Waals surface area contributed by atoms with Crippen LogP contribution in [0.4, 0.5) is 0 Å². The lowest BCUT2D eigenvalue weighted by Gasteiger charge is -2.28. The van der Waals surface area contributed by atoms with Crippen molar-refractivity contribution in [1.29, 1.82) is 0 Å². The molecule has 0 aliphatic carbocycles. The fraction of sp³-hybridized carbons (Fsp3) is 1.00. The molecule has 0 atom stereocenters. The maximum atomic E-state index is 2.45. The SMILES string of the molecule is CCSCCCCCCCCCCCCCC[Si](CC)(CC)CC. The van der Waals surface area contributed by atoms with Crippen molar-refractivity contribution >= 4 is 19.8 Å². The number of hydrogen-bond donors (Lipinski definition) is 0. The quantitative estimate of drug-likeness (QED) is 0.161. The van der Waals surface area contributed by atoms with Crippen LogP contribution in [0.25, 0.3) is 0 Å². The number of hydrogen-bond acceptors (Lipinski definition) is 1. The second-order valence-corrected chi connectivity index (χ2v) is 14.8. The van der Waals surface area contributed by atoms with Crippen LogP contribution < -0.4 is 0 Å². The molecule has 0 spiro atoms. The predicted octanol–water partition coefficient (Wildman–Crippen LogP) is 8.93. The molecular formula is C22H48SSi. The molecule has 0 bridgehead atoms. The Hall–Kier alpha value is 0.567. The zero-order chi connectivity index (χ0) is 17.9. The third-order valence-corrected chi connectivity index (χ3v) is 13.1. The second kappa shape index (κ2) is 18.4. The van der Waals surface area contributed by atoms with Gasteiger partial charge in [0, 0.05) is 0 Å². The van der Waals surface area contributed by atoms with Crippen molar-refractivity contribution in [3.8, 4) is 0 Å². The molecule has 0 saturated heterocycles. The first kappa shape index (κ1) is 24.6. The molecule has 2 heteroatoms. The van der Waals surface area contributed by atoms with E-state index >= 15 is 0 Å². The summed E-state index contributed by atoms with van der Waals surface area (Å²) in [5.41, 5.74) is 0. The first-order valence-electron chi connectivity index (χ1n) is 11.3. The Balaban J connectivity index is 3.23. The van der Waals surface area contributed by atoms with Crippen molar-refractivity contribution in [2.45, 2.75) is 129 Å². The van der Waals surface area contributed by atoms with Crippen molar-refractivity contribution < 1.29 is 0 Å². The van der Waals surface area contributed by atoms with E-state index in [1.807, 2.05) is 0 Å². The van der Waals surface area contributed by atoms with Gasteiger partial charge in [0.15, 0.2) is 0 Å². The van der Waals surface area contributed by atoms with Gasteiger partial charge in [-0.1, -0.05) is 123 Å². The Kier molecular flexibility index (Phi) is 18.8. The summed E-state index contributed by atoms with van der Waals surface area (Å²) in [6.45, 7) is 9.61.